The Morgan fingerprint density at radius 2 is 1.80 bits per heavy atom. The first kappa shape index (κ1) is 43.4. The molecular weight excluding hydrogens is 567 g/mol. The van der Waals surface area contributed by atoms with Crippen molar-refractivity contribution in [2.45, 2.75) is 107 Å². The number of aliphatic hydroxyl groups is 1. The molecule has 0 aliphatic carbocycles. The van der Waals surface area contributed by atoms with Crippen molar-refractivity contribution in [2.75, 3.05) is 13.7 Å². The smallest absolute Gasteiger partial charge is 0.308 e. The molecule has 1 N–H and O–H groups in total. The molecule has 0 fully saturated rings. The summed E-state index contributed by atoms with van der Waals surface area (Å²) in [6.07, 6.45) is 5.70. The predicted molar refractivity (Wildman–Crippen MR) is 177 cm³/mol. The van der Waals surface area contributed by atoms with Crippen LogP contribution in [0.1, 0.15) is 98.2 Å². The fourth-order valence-corrected chi connectivity index (χ4v) is 4.55. The summed E-state index contributed by atoms with van der Waals surface area (Å²) in [4.78, 5) is 28.8. The summed E-state index contributed by atoms with van der Waals surface area (Å²) in [5.74, 6) is -0.641. The summed E-state index contributed by atoms with van der Waals surface area (Å²) in [5.41, 5.74) is 0.703. The first-order valence-electron chi connectivity index (χ1n) is 13.8. The Labute approximate surface area is 252 Å². The minimum Gasteiger partial charge on any atom is -0.465 e. The zero-order valence-corrected chi connectivity index (χ0v) is 29.8. The maximum atomic E-state index is 14.2. The maximum absolute atomic E-state index is 14.2. The normalized spacial score (nSPS) is 25.3. The van der Waals surface area contributed by atoms with Crippen molar-refractivity contribution in [1.82, 2.24) is 4.98 Å². The van der Waals surface area contributed by atoms with E-state index in [9.17, 15) is 19.1 Å². The highest BCUT2D eigenvalue weighted by molar-refractivity contribution is 7.09. The molecule has 0 saturated carbocycles. The van der Waals surface area contributed by atoms with Gasteiger partial charge in [0.25, 0.3) is 0 Å². The van der Waals surface area contributed by atoms with Gasteiger partial charge in [0, 0.05) is 18.4 Å². The van der Waals surface area contributed by atoms with Crippen LogP contribution in [0.5, 0.6) is 0 Å². The number of aryl methyl sites for hydroxylation is 1. The fraction of sp³-hybridized carbons (Fsp3) is 0.700. The number of aromatic nitrogens is 1. The summed E-state index contributed by atoms with van der Waals surface area (Å²) in [6, 6.07) is 0. The van der Waals surface area contributed by atoms with E-state index < -0.39 is 23.7 Å². The number of allylic oxidation sites excluding steroid dienone is 2. The molecule has 0 bridgehead atoms. The van der Waals surface area contributed by atoms with Crippen LogP contribution in [-0.4, -0.2) is 47.8 Å². The summed E-state index contributed by atoms with van der Waals surface area (Å²) in [6.45, 7) is 17.1. The van der Waals surface area contributed by atoms with Crippen LogP contribution in [0.15, 0.2) is 23.1 Å². The van der Waals surface area contributed by atoms with Gasteiger partial charge in [0.05, 0.1) is 35.2 Å². The number of alkyl halides is 1. The number of thiazole rings is 1. The lowest BCUT2D eigenvalue weighted by Crippen LogP contribution is -2.42. The van der Waals surface area contributed by atoms with Gasteiger partial charge in [-0.25, -0.2) is 9.37 Å². The van der Waals surface area contributed by atoms with E-state index in [1.54, 1.807) is 45.3 Å². The number of Topliss-reactive ketones (excluding diaryl/α,β-unsaturated/α-hetero) is 1. The van der Waals surface area contributed by atoms with E-state index in [4.69, 9.17) is 4.74 Å². The molecule has 2 heterocycles. The monoisotopic (exact) mass is 623 g/mol. The van der Waals surface area contributed by atoms with E-state index in [1.807, 2.05) is 53.7 Å². The first-order valence-corrected chi connectivity index (χ1v) is 15.1. The van der Waals surface area contributed by atoms with Gasteiger partial charge in [-0.15, -0.1) is 11.3 Å². The predicted octanol–water partition coefficient (Wildman–Crippen LogP) is 8.00. The number of carbonyl (C=O) groups excluding carboxylic acids is 2. The van der Waals surface area contributed by atoms with E-state index in [2.05, 4.69) is 24.4 Å². The largest absolute Gasteiger partial charge is 0.465 e. The lowest BCUT2D eigenvalue weighted by Gasteiger charge is -2.32. The molecule has 0 amide bonds. The molecule has 6 unspecified atom stereocenters. The number of nitrogens with zero attached hydrogens (tertiary/aromatic N) is 1. The van der Waals surface area contributed by atoms with Gasteiger partial charge in [-0.2, -0.15) is 9.90 Å². The Hall–Kier alpha value is -1.04. The van der Waals surface area contributed by atoms with Crippen LogP contribution in [0.25, 0.3) is 6.08 Å². The number of cyclic esters (lactones) is 1. The molecule has 1 aromatic heterocycles. The molecule has 0 spiro atoms. The van der Waals surface area contributed by atoms with Crippen LogP contribution >= 0.6 is 30.7 Å². The second-order valence-corrected chi connectivity index (χ2v) is 11.6. The molecule has 0 aromatic carbocycles. The van der Waals surface area contributed by atoms with Crippen LogP contribution in [0, 0.1) is 24.2 Å². The van der Waals surface area contributed by atoms with Gasteiger partial charge in [-0.1, -0.05) is 53.7 Å². The molecule has 0 saturated heterocycles. The number of hydrogen-bond acceptors (Lipinski definition) is 7. The average molecular weight is 624 g/mol. The lowest BCUT2D eigenvalue weighted by atomic mass is 9.74. The summed E-state index contributed by atoms with van der Waals surface area (Å²) >= 11 is 1.68. The second-order valence-electron chi connectivity index (χ2n) is 10.1. The Balaban J connectivity index is -0.000000754. The molecule has 2 rings (SSSR count). The van der Waals surface area contributed by atoms with Crippen molar-refractivity contribution in [3.05, 3.63) is 33.8 Å². The van der Waals surface area contributed by atoms with Crippen LogP contribution < -0.4 is 0 Å². The zero-order chi connectivity index (χ0) is 30.6. The number of aliphatic hydroxyl groups excluding tert-OH is 1. The third-order valence-corrected chi connectivity index (χ3v) is 7.05. The molecule has 0 radical (unpaired) electrons. The Bertz CT molecular complexity index is 876. The molecule has 10 heteroatoms. The van der Waals surface area contributed by atoms with Crippen molar-refractivity contribution >= 4 is 48.5 Å². The van der Waals surface area contributed by atoms with Gasteiger partial charge < -0.3 is 14.4 Å². The number of ketones is 1. The Kier molecular flexibility index (Phi) is 26.6. The molecular formula is C30H56FNO5P2S. The Morgan fingerprint density at radius 1 is 1.23 bits per heavy atom. The standard InChI is InChI=1S/C20H33FO4.C7H9NS.C2H6.CH5OP.H3P/c1-13-8-9-16(21)14(2)7-6-10-25-18(23)12-17(22)20(4,5)19(24)15(3)11-13;1-3-4-7-5-9-6(2)8-7;1-2;1-2-3;/h7,13,15-17,22H,6,8-12H2,1-5H3;3-5H,1-2H3;1-2H3;3H2,1H3;1H3/b14-7-;4-3-;;;. The second kappa shape index (κ2) is 24.5. The van der Waals surface area contributed by atoms with Crippen LogP contribution in [-0.2, 0) is 18.8 Å². The van der Waals surface area contributed by atoms with E-state index in [-0.39, 0.29) is 40.5 Å². The summed E-state index contributed by atoms with van der Waals surface area (Å²) < 4.78 is 23.5. The molecule has 1 aliphatic heterocycles. The molecule has 1 aliphatic rings. The van der Waals surface area contributed by atoms with Crippen molar-refractivity contribution in [1.29, 1.82) is 0 Å². The quantitative estimate of drug-likeness (QED) is 0.194. The summed E-state index contributed by atoms with van der Waals surface area (Å²) in [5, 5.41) is 13.5. The van der Waals surface area contributed by atoms with E-state index >= 15 is 0 Å². The van der Waals surface area contributed by atoms with Crippen molar-refractivity contribution in [3.8, 4) is 0 Å². The van der Waals surface area contributed by atoms with Crippen molar-refractivity contribution in [2.24, 2.45) is 17.3 Å². The zero-order valence-electron chi connectivity index (χ0n) is 26.5. The maximum Gasteiger partial charge on any atom is 0.308 e. The highest BCUT2D eigenvalue weighted by Gasteiger charge is 2.39. The minimum atomic E-state index is -1.08. The first-order chi connectivity index (χ1) is 18.3. The average Bonchev–Trinajstić information content (AvgIpc) is 3.30. The van der Waals surface area contributed by atoms with Gasteiger partial charge in [0.2, 0.25) is 0 Å². The lowest BCUT2D eigenvalue weighted by molar-refractivity contribution is -0.150. The highest BCUT2D eigenvalue weighted by Crippen LogP contribution is 2.32. The Morgan fingerprint density at radius 3 is 2.30 bits per heavy atom. The van der Waals surface area contributed by atoms with Crippen LogP contribution in [0.2, 0.25) is 0 Å². The van der Waals surface area contributed by atoms with Gasteiger partial charge in [0.15, 0.2) is 0 Å². The van der Waals surface area contributed by atoms with Gasteiger partial charge in [0.1, 0.15) is 12.0 Å². The van der Waals surface area contributed by atoms with Gasteiger partial charge >= 0.3 is 5.97 Å². The van der Waals surface area contributed by atoms with Crippen molar-refractivity contribution < 1.29 is 28.3 Å². The third kappa shape index (κ3) is 18.4. The number of ether oxygens (including phenoxy) is 1. The summed E-state index contributed by atoms with van der Waals surface area (Å²) in [7, 11) is 3.67. The molecule has 40 heavy (non-hydrogen) atoms. The fourth-order valence-electron chi connectivity index (χ4n) is 3.97. The topological polar surface area (TPSA) is 85.7 Å². The molecule has 1 aromatic rings. The van der Waals surface area contributed by atoms with Crippen molar-refractivity contribution in [3.63, 3.8) is 0 Å². The number of rotatable bonds is 1. The molecule has 6 atom stereocenters. The van der Waals surface area contributed by atoms with Gasteiger partial charge in [-0.05, 0) is 73.5 Å². The minimum absolute atomic E-state index is 0. The number of hydrogen-bond donors (Lipinski definition) is 1. The molecule has 6 nitrogen and oxygen atoms in total. The SMILES string of the molecule is C/C1=C/CCOC(=O)CC(O)C(C)(C)C(=O)C(C)CC(C)CCC1F.C/C=C\c1csc(C)n1.CC.COP.P. The van der Waals surface area contributed by atoms with Crippen LogP contribution in [0.3, 0.4) is 0 Å². The third-order valence-electron chi connectivity index (χ3n) is 6.26. The number of esters is 1. The van der Waals surface area contributed by atoms with Crippen LogP contribution in [0.4, 0.5) is 4.39 Å². The van der Waals surface area contributed by atoms with E-state index in [1.165, 1.54) is 0 Å². The van der Waals surface area contributed by atoms with E-state index in [0.29, 0.717) is 31.3 Å². The molecule has 234 valence electrons. The number of carbonyl (C=O) groups is 2. The number of halogens is 1. The highest BCUT2D eigenvalue weighted by atomic mass is 32.1. The van der Waals surface area contributed by atoms with Gasteiger partial charge in [-0.3, -0.25) is 9.59 Å². The van der Waals surface area contributed by atoms with E-state index in [0.717, 1.165) is 10.7 Å².